The van der Waals surface area contributed by atoms with Gasteiger partial charge in [-0.2, -0.15) is 0 Å². The fourth-order valence-electron chi connectivity index (χ4n) is 1.12. The van der Waals surface area contributed by atoms with Crippen molar-refractivity contribution in [2.24, 2.45) is 0 Å². The van der Waals surface area contributed by atoms with Gasteiger partial charge in [-0.15, -0.1) is 18.3 Å². The summed E-state index contributed by atoms with van der Waals surface area (Å²) in [5, 5.41) is 12.0. The maximum atomic E-state index is 11.6. The molecule has 0 aliphatic carbocycles. The number of phenolic OH excluding ortho intramolecular Hbond substituents is 1. The summed E-state index contributed by atoms with van der Waals surface area (Å²) in [7, 11) is 0. The molecule has 1 rings (SSSR count). The molecule has 0 spiro atoms. The van der Waals surface area contributed by atoms with E-state index in [0.29, 0.717) is 11.4 Å². The Hall–Kier alpha value is -1.42. The van der Waals surface area contributed by atoms with Crippen LogP contribution in [0.4, 0.5) is 0 Å². The first-order valence-electron chi connectivity index (χ1n) is 4.98. The Bertz CT molecular complexity index is 379. The minimum atomic E-state index is -0.242. The lowest BCUT2D eigenvalue weighted by atomic mass is 10.3. The van der Waals surface area contributed by atoms with Crippen molar-refractivity contribution in [3.63, 3.8) is 0 Å². The number of carbonyl (C=O) groups excluding carboxylic acids is 1. The summed E-state index contributed by atoms with van der Waals surface area (Å²) < 4.78 is 0. The minimum absolute atomic E-state index is 0.0619. The van der Waals surface area contributed by atoms with Crippen LogP contribution in [0.25, 0.3) is 0 Å². The van der Waals surface area contributed by atoms with Gasteiger partial charge in [-0.05, 0) is 19.1 Å². The number of benzene rings is 1. The lowest BCUT2D eigenvalue weighted by Crippen LogP contribution is -2.30. The van der Waals surface area contributed by atoms with Gasteiger partial charge in [-0.1, -0.05) is 18.2 Å². The first kappa shape index (κ1) is 12.6. The highest BCUT2D eigenvalue weighted by molar-refractivity contribution is 8.00. The molecule has 0 aliphatic heterocycles. The van der Waals surface area contributed by atoms with Crippen LogP contribution >= 0.6 is 11.8 Å². The lowest BCUT2D eigenvalue weighted by molar-refractivity contribution is -0.120. The van der Waals surface area contributed by atoms with Gasteiger partial charge < -0.3 is 10.4 Å². The van der Waals surface area contributed by atoms with Gasteiger partial charge in [0.1, 0.15) is 5.75 Å². The normalized spacial score (nSPS) is 11.8. The van der Waals surface area contributed by atoms with E-state index in [4.69, 9.17) is 0 Å². The second kappa shape index (κ2) is 6.23. The molecule has 1 aromatic rings. The number of amides is 1. The van der Waals surface area contributed by atoms with Gasteiger partial charge in [0.2, 0.25) is 5.91 Å². The molecule has 0 heterocycles. The van der Waals surface area contributed by atoms with E-state index in [1.807, 2.05) is 6.07 Å². The second-order valence-corrected chi connectivity index (χ2v) is 4.64. The number of hydrogen-bond donors (Lipinski definition) is 2. The third-order valence-electron chi connectivity index (χ3n) is 1.96. The van der Waals surface area contributed by atoms with E-state index < -0.39 is 0 Å². The fraction of sp³-hybridized carbons (Fsp3) is 0.250. The van der Waals surface area contributed by atoms with Crippen molar-refractivity contribution < 1.29 is 9.90 Å². The Balaban J connectivity index is 2.57. The molecule has 0 saturated carbocycles. The summed E-state index contributed by atoms with van der Waals surface area (Å²) in [5.41, 5.74) is 0. The van der Waals surface area contributed by atoms with Crippen LogP contribution in [0.3, 0.4) is 0 Å². The summed E-state index contributed by atoms with van der Waals surface area (Å²) in [4.78, 5) is 12.3. The first-order chi connectivity index (χ1) is 7.65. The third kappa shape index (κ3) is 3.62. The van der Waals surface area contributed by atoms with Gasteiger partial charge in [-0.25, -0.2) is 0 Å². The Labute approximate surface area is 99.6 Å². The van der Waals surface area contributed by atoms with Crippen LogP contribution in [-0.4, -0.2) is 22.8 Å². The Morgan fingerprint density at radius 1 is 1.62 bits per heavy atom. The molecular formula is C12H15NO2S. The molecule has 0 bridgehead atoms. The SMILES string of the molecule is C=CCNC(=O)C(C)Sc1ccccc1O. The predicted octanol–water partition coefficient (Wildman–Crippen LogP) is 2.18. The maximum Gasteiger partial charge on any atom is 0.233 e. The van der Waals surface area contributed by atoms with Gasteiger partial charge in [0.15, 0.2) is 0 Å². The minimum Gasteiger partial charge on any atom is -0.507 e. The third-order valence-corrected chi connectivity index (χ3v) is 3.13. The molecule has 1 unspecified atom stereocenters. The van der Waals surface area contributed by atoms with Crippen LogP contribution < -0.4 is 5.32 Å². The number of para-hydroxylation sites is 1. The van der Waals surface area contributed by atoms with Gasteiger partial charge in [-0.3, -0.25) is 4.79 Å². The van der Waals surface area contributed by atoms with E-state index in [9.17, 15) is 9.90 Å². The molecule has 3 nitrogen and oxygen atoms in total. The van der Waals surface area contributed by atoms with Crippen molar-refractivity contribution in [2.75, 3.05) is 6.54 Å². The van der Waals surface area contributed by atoms with E-state index in [1.165, 1.54) is 11.8 Å². The van der Waals surface area contributed by atoms with Crippen molar-refractivity contribution in [2.45, 2.75) is 17.1 Å². The summed E-state index contributed by atoms with van der Waals surface area (Å²) in [5.74, 6) is 0.143. The smallest absolute Gasteiger partial charge is 0.233 e. The molecule has 0 aliphatic rings. The van der Waals surface area contributed by atoms with Crippen molar-refractivity contribution in [1.29, 1.82) is 0 Å². The highest BCUT2D eigenvalue weighted by atomic mass is 32.2. The molecular weight excluding hydrogens is 222 g/mol. The largest absolute Gasteiger partial charge is 0.507 e. The molecule has 86 valence electrons. The van der Waals surface area contributed by atoms with E-state index >= 15 is 0 Å². The van der Waals surface area contributed by atoms with E-state index in [-0.39, 0.29) is 16.9 Å². The van der Waals surface area contributed by atoms with Crippen molar-refractivity contribution >= 4 is 17.7 Å². The predicted molar refractivity (Wildman–Crippen MR) is 66.6 cm³/mol. The van der Waals surface area contributed by atoms with E-state index in [0.717, 1.165) is 0 Å². The van der Waals surface area contributed by atoms with Crippen LogP contribution in [0, 0.1) is 0 Å². The summed E-state index contributed by atoms with van der Waals surface area (Å²) >= 11 is 1.33. The molecule has 1 amide bonds. The quantitative estimate of drug-likeness (QED) is 0.609. The summed E-state index contributed by atoms with van der Waals surface area (Å²) in [6, 6.07) is 6.98. The number of phenols is 1. The summed E-state index contributed by atoms with van der Waals surface area (Å²) in [6.07, 6.45) is 1.63. The molecule has 2 N–H and O–H groups in total. The van der Waals surface area contributed by atoms with Crippen molar-refractivity contribution in [1.82, 2.24) is 5.32 Å². The topological polar surface area (TPSA) is 49.3 Å². The fourth-order valence-corrected chi connectivity index (χ4v) is 2.03. The van der Waals surface area contributed by atoms with Crippen LogP contribution in [0.2, 0.25) is 0 Å². The highest BCUT2D eigenvalue weighted by Crippen LogP contribution is 2.30. The molecule has 1 aromatic carbocycles. The van der Waals surface area contributed by atoms with Gasteiger partial charge in [0.25, 0.3) is 0 Å². The average molecular weight is 237 g/mol. The Morgan fingerprint density at radius 3 is 2.94 bits per heavy atom. The monoisotopic (exact) mass is 237 g/mol. The summed E-state index contributed by atoms with van der Waals surface area (Å²) in [6.45, 7) is 5.79. The first-order valence-corrected chi connectivity index (χ1v) is 5.86. The number of carbonyl (C=O) groups is 1. The molecule has 1 atom stereocenters. The molecule has 0 aromatic heterocycles. The van der Waals surface area contributed by atoms with Crippen LogP contribution in [-0.2, 0) is 4.79 Å². The number of thioether (sulfide) groups is 1. The zero-order valence-electron chi connectivity index (χ0n) is 9.14. The molecule has 0 saturated heterocycles. The standard InChI is InChI=1S/C12H15NO2S/c1-3-8-13-12(15)9(2)16-11-7-5-4-6-10(11)14/h3-7,9,14H,1,8H2,2H3,(H,13,15). The van der Waals surface area contributed by atoms with Gasteiger partial charge in [0, 0.05) is 11.4 Å². The number of aromatic hydroxyl groups is 1. The zero-order chi connectivity index (χ0) is 12.0. The number of rotatable bonds is 5. The lowest BCUT2D eigenvalue weighted by Gasteiger charge is -2.11. The number of hydrogen-bond acceptors (Lipinski definition) is 3. The van der Waals surface area contributed by atoms with Crippen LogP contribution in [0.5, 0.6) is 5.75 Å². The van der Waals surface area contributed by atoms with E-state index in [1.54, 1.807) is 31.2 Å². The zero-order valence-corrected chi connectivity index (χ0v) is 9.96. The Kier molecular flexibility index (Phi) is 4.92. The van der Waals surface area contributed by atoms with E-state index in [2.05, 4.69) is 11.9 Å². The highest BCUT2D eigenvalue weighted by Gasteiger charge is 2.14. The number of nitrogens with one attached hydrogen (secondary N) is 1. The second-order valence-electron chi connectivity index (χ2n) is 3.26. The average Bonchev–Trinajstić information content (AvgIpc) is 2.28. The van der Waals surface area contributed by atoms with Gasteiger partial charge >= 0.3 is 0 Å². The Morgan fingerprint density at radius 2 is 2.31 bits per heavy atom. The van der Waals surface area contributed by atoms with Crippen LogP contribution in [0.1, 0.15) is 6.92 Å². The maximum absolute atomic E-state index is 11.6. The molecule has 4 heteroatoms. The molecule has 16 heavy (non-hydrogen) atoms. The molecule has 0 radical (unpaired) electrons. The molecule has 0 fully saturated rings. The van der Waals surface area contributed by atoms with Crippen molar-refractivity contribution in [3.05, 3.63) is 36.9 Å². The van der Waals surface area contributed by atoms with Crippen LogP contribution in [0.15, 0.2) is 41.8 Å². The van der Waals surface area contributed by atoms with Gasteiger partial charge in [0.05, 0.1) is 5.25 Å². The van der Waals surface area contributed by atoms with Crippen molar-refractivity contribution in [3.8, 4) is 5.75 Å².